The number of rotatable bonds is 6. The number of anilines is 1. The maximum atomic E-state index is 5.65. The van der Waals surface area contributed by atoms with Crippen molar-refractivity contribution >= 4 is 27.9 Å². The molecule has 0 unspecified atom stereocenters. The van der Waals surface area contributed by atoms with E-state index in [1.807, 2.05) is 12.4 Å². The van der Waals surface area contributed by atoms with Crippen LogP contribution < -0.4 is 4.90 Å². The average Bonchev–Trinajstić information content (AvgIpc) is 3.73. The molecule has 2 aliphatic heterocycles. The lowest BCUT2D eigenvalue weighted by Crippen LogP contribution is -2.37. The van der Waals surface area contributed by atoms with Crippen LogP contribution in [0.5, 0.6) is 0 Å². The van der Waals surface area contributed by atoms with Crippen LogP contribution in [-0.4, -0.2) is 79.0 Å². The number of piperidine rings is 1. The van der Waals surface area contributed by atoms with Gasteiger partial charge in [0, 0.05) is 60.1 Å². The highest BCUT2D eigenvalue weighted by molar-refractivity contribution is 5.95. The van der Waals surface area contributed by atoms with E-state index in [2.05, 4.69) is 66.8 Å². The number of morpholine rings is 1. The fraction of sp³-hybridized carbons (Fsp3) is 0.429. The van der Waals surface area contributed by atoms with Gasteiger partial charge in [0.15, 0.2) is 22.8 Å². The van der Waals surface area contributed by atoms with Crippen LogP contribution in [-0.2, 0) is 17.8 Å². The van der Waals surface area contributed by atoms with E-state index in [4.69, 9.17) is 19.7 Å². The highest BCUT2D eigenvalue weighted by Crippen LogP contribution is 2.33. The van der Waals surface area contributed by atoms with Gasteiger partial charge in [0.1, 0.15) is 5.82 Å². The molecule has 196 valence electrons. The van der Waals surface area contributed by atoms with Gasteiger partial charge in [-0.25, -0.2) is 15.0 Å². The summed E-state index contributed by atoms with van der Waals surface area (Å²) in [5.74, 6) is 3.26. The first kappa shape index (κ1) is 23.4. The second-order valence-corrected chi connectivity index (χ2v) is 10.2. The SMILES string of the molecule is CCn1c(CN2CCC(c3ccn[nH]3)CC2)nc2c(N3CCOCC3)nc(-c3cccc4[nH]ccc34)nc21. The first-order valence-electron chi connectivity index (χ1n) is 13.7. The van der Waals surface area contributed by atoms with Crippen molar-refractivity contribution in [2.24, 2.45) is 0 Å². The minimum atomic E-state index is 0.552. The Labute approximate surface area is 221 Å². The van der Waals surface area contributed by atoms with E-state index in [1.54, 1.807) is 0 Å². The lowest BCUT2D eigenvalue weighted by Gasteiger charge is -2.31. The van der Waals surface area contributed by atoms with Gasteiger partial charge in [0.05, 0.1) is 19.8 Å². The van der Waals surface area contributed by atoms with E-state index in [1.165, 1.54) is 5.69 Å². The summed E-state index contributed by atoms with van der Waals surface area (Å²) in [5.41, 5.74) is 5.17. The van der Waals surface area contributed by atoms with Crippen molar-refractivity contribution in [1.29, 1.82) is 0 Å². The van der Waals surface area contributed by atoms with Crippen LogP contribution >= 0.6 is 0 Å². The summed E-state index contributed by atoms with van der Waals surface area (Å²) in [6.45, 7) is 8.87. The normalized spacial score (nSPS) is 17.7. The van der Waals surface area contributed by atoms with Crippen LogP contribution in [0.4, 0.5) is 5.82 Å². The molecule has 38 heavy (non-hydrogen) atoms. The molecule has 7 rings (SSSR count). The molecule has 5 aromatic rings. The molecule has 0 saturated carbocycles. The Morgan fingerprint density at radius 2 is 1.87 bits per heavy atom. The number of aromatic nitrogens is 7. The molecule has 2 N–H and O–H groups in total. The van der Waals surface area contributed by atoms with Crippen molar-refractivity contribution in [3.05, 3.63) is 54.2 Å². The Morgan fingerprint density at radius 3 is 2.66 bits per heavy atom. The lowest BCUT2D eigenvalue weighted by molar-refractivity contribution is 0.122. The van der Waals surface area contributed by atoms with E-state index in [9.17, 15) is 0 Å². The number of aromatic amines is 2. The number of likely N-dealkylation sites (tertiary alicyclic amines) is 1. The molecule has 2 aliphatic rings. The summed E-state index contributed by atoms with van der Waals surface area (Å²) in [6.07, 6.45) is 6.07. The molecule has 10 nitrogen and oxygen atoms in total. The largest absolute Gasteiger partial charge is 0.378 e. The van der Waals surface area contributed by atoms with Gasteiger partial charge < -0.3 is 19.2 Å². The van der Waals surface area contributed by atoms with Gasteiger partial charge in [-0.15, -0.1) is 0 Å². The maximum Gasteiger partial charge on any atom is 0.166 e. The maximum absolute atomic E-state index is 5.65. The Kier molecular flexibility index (Phi) is 6.05. The van der Waals surface area contributed by atoms with E-state index in [-0.39, 0.29) is 0 Å². The molecular formula is C28H33N9O. The molecule has 4 aromatic heterocycles. The number of nitrogens with zero attached hydrogens (tertiary/aromatic N) is 7. The fourth-order valence-electron chi connectivity index (χ4n) is 5.98. The molecule has 0 aliphatic carbocycles. The number of hydrogen-bond acceptors (Lipinski definition) is 7. The van der Waals surface area contributed by atoms with Crippen LogP contribution in [0.15, 0.2) is 42.7 Å². The highest BCUT2D eigenvalue weighted by Gasteiger charge is 2.26. The Hall–Kier alpha value is -3.76. The first-order valence-corrected chi connectivity index (χ1v) is 13.7. The third kappa shape index (κ3) is 4.13. The first-order chi connectivity index (χ1) is 18.8. The summed E-state index contributed by atoms with van der Waals surface area (Å²) in [5, 5.41) is 8.43. The molecule has 6 heterocycles. The van der Waals surface area contributed by atoms with Crippen LogP contribution in [0.1, 0.15) is 37.2 Å². The van der Waals surface area contributed by atoms with Crippen molar-refractivity contribution in [3.63, 3.8) is 0 Å². The van der Waals surface area contributed by atoms with Crippen molar-refractivity contribution in [2.45, 2.75) is 38.8 Å². The number of imidazole rings is 1. The summed E-state index contributed by atoms with van der Waals surface area (Å²) in [4.78, 5) is 23.6. The number of aryl methyl sites for hydroxylation is 1. The number of fused-ring (bicyclic) bond motifs is 2. The van der Waals surface area contributed by atoms with Crippen LogP contribution in [0, 0.1) is 0 Å². The zero-order chi connectivity index (χ0) is 25.5. The van der Waals surface area contributed by atoms with Gasteiger partial charge in [-0.05, 0) is 51.1 Å². The molecule has 0 amide bonds. The third-order valence-corrected chi connectivity index (χ3v) is 8.03. The third-order valence-electron chi connectivity index (χ3n) is 8.03. The van der Waals surface area contributed by atoms with Gasteiger partial charge in [0.25, 0.3) is 0 Å². The van der Waals surface area contributed by atoms with E-state index in [0.717, 1.165) is 97.2 Å². The van der Waals surface area contributed by atoms with Gasteiger partial charge in [-0.1, -0.05) is 12.1 Å². The smallest absolute Gasteiger partial charge is 0.166 e. The van der Waals surface area contributed by atoms with E-state index < -0.39 is 0 Å². The van der Waals surface area contributed by atoms with Crippen molar-refractivity contribution in [3.8, 4) is 11.4 Å². The molecule has 0 radical (unpaired) electrons. The topological polar surface area (TPSA) is 104 Å². The van der Waals surface area contributed by atoms with Gasteiger partial charge in [0.2, 0.25) is 0 Å². The number of nitrogens with one attached hydrogen (secondary N) is 2. The molecule has 0 bridgehead atoms. The Morgan fingerprint density at radius 1 is 1.00 bits per heavy atom. The predicted octanol–water partition coefficient (Wildman–Crippen LogP) is 3.93. The quantitative estimate of drug-likeness (QED) is 0.356. The molecular weight excluding hydrogens is 478 g/mol. The number of benzene rings is 1. The average molecular weight is 512 g/mol. The molecule has 0 spiro atoms. The zero-order valence-electron chi connectivity index (χ0n) is 21.7. The van der Waals surface area contributed by atoms with Crippen LogP contribution in [0.3, 0.4) is 0 Å². The van der Waals surface area contributed by atoms with Gasteiger partial charge in [-0.3, -0.25) is 10.00 Å². The van der Waals surface area contributed by atoms with E-state index >= 15 is 0 Å². The standard InChI is InChI=1S/C28H33N9O/c1-2-37-24(18-35-12-8-19(9-13-35)22-7-11-30-34-22)31-25-27(36-14-16-38-17-15-36)32-26(33-28(25)37)21-4-3-5-23-20(21)6-10-29-23/h3-7,10-11,19,29H,2,8-9,12-18H2,1H3,(H,30,34). The summed E-state index contributed by atoms with van der Waals surface area (Å²) in [6, 6.07) is 10.5. The highest BCUT2D eigenvalue weighted by atomic mass is 16.5. The molecule has 2 fully saturated rings. The Bertz CT molecular complexity index is 1540. The number of ether oxygens (including phenoxy) is 1. The van der Waals surface area contributed by atoms with Crippen LogP contribution in [0.25, 0.3) is 33.5 Å². The second kappa shape index (κ2) is 9.85. The minimum Gasteiger partial charge on any atom is -0.378 e. The Balaban J connectivity index is 1.27. The lowest BCUT2D eigenvalue weighted by atomic mass is 9.94. The fourth-order valence-corrected chi connectivity index (χ4v) is 5.98. The monoisotopic (exact) mass is 511 g/mol. The predicted molar refractivity (Wildman–Crippen MR) is 147 cm³/mol. The minimum absolute atomic E-state index is 0.552. The molecule has 2 saturated heterocycles. The van der Waals surface area contributed by atoms with Crippen molar-refractivity contribution in [1.82, 2.24) is 39.6 Å². The molecule has 1 aromatic carbocycles. The van der Waals surface area contributed by atoms with E-state index in [0.29, 0.717) is 19.1 Å². The van der Waals surface area contributed by atoms with Gasteiger partial charge >= 0.3 is 0 Å². The summed E-state index contributed by atoms with van der Waals surface area (Å²) in [7, 11) is 0. The summed E-state index contributed by atoms with van der Waals surface area (Å²) >= 11 is 0. The van der Waals surface area contributed by atoms with Gasteiger partial charge in [-0.2, -0.15) is 5.10 Å². The van der Waals surface area contributed by atoms with Crippen molar-refractivity contribution < 1.29 is 4.74 Å². The summed E-state index contributed by atoms with van der Waals surface area (Å²) < 4.78 is 7.93. The zero-order valence-corrected chi connectivity index (χ0v) is 21.7. The number of hydrogen-bond donors (Lipinski definition) is 2. The second-order valence-electron chi connectivity index (χ2n) is 10.2. The number of H-pyrrole nitrogens is 2. The molecule has 0 atom stereocenters. The molecule has 10 heteroatoms. The van der Waals surface area contributed by atoms with Crippen LogP contribution in [0.2, 0.25) is 0 Å². The van der Waals surface area contributed by atoms with Crippen molar-refractivity contribution in [2.75, 3.05) is 44.3 Å².